The maximum absolute atomic E-state index is 16.9. The van der Waals surface area contributed by atoms with Gasteiger partial charge in [0.05, 0.1) is 16.5 Å². The molecule has 4 aromatic rings. The minimum atomic E-state index is -0.914. The average Bonchev–Trinajstić information content (AvgIpc) is 3.70. The van der Waals surface area contributed by atoms with E-state index in [-0.39, 0.29) is 57.7 Å². The minimum Gasteiger partial charge on any atom is -0.508 e. The number of alkyl halides is 1. The number of pyridine rings is 1. The van der Waals surface area contributed by atoms with Crippen LogP contribution in [0.4, 0.5) is 19.0 Å². The molecule has 6 heterocycles. The van der Waals surface area contributed by atoms with Gasteiger partial charge in [-0.25, -0.2) is 13.2 Å². The molecule has 2 bridgehead atoms. The van der Waals surface area contributed by atoms with Crippen molar-refractivity contribution in [2.45, 2.75) is 68.2 Å². The number of nitrogens with zero attached hydrogens (tertiary/aromatic N) is 5. The normalized spacial score (nSPS) is 28.7. The van der Waals surface area contributed by atoms with Gasteiger partial charge in [-0.3, -0.25) is 9.88 Å². The van der Waals surface area contributed by atoms with Crippen LogP contribution in [-0.2, 0) is 0 Å². The van der Waals surface area contributed by atoms with Crippen LogP contribution in [0.3, 0.4) is 0 Å². The number of aromatic hydroxyl groups is 1. The number of hydrogen-bond donors (Lipinski definition) is 2. The number of fused-ring (bicyclic) bond motifs is 5. The maximum atomic E-state index is 16.9. The summed E-state index contributed by atoms with van der Waals surface area (Å²) in [4.78, 5) is 18.4. The number of ether oxygens (including phenoxy) is 1. The largest absolute Gasteiger partial charge is 0.508 e. The van der Waals surface area contributed by atoms with Crippen molar-refractivity contribution in [3.8, 4) is 35.4 Å². The van der Waals surface area contributed by atoms with Gasteiger partial charge in [-0.05, 0) is 74.6 Å². The van der Waals surface area contributed by atoms with Gasteiger partial charge in [0.1, 0.15) is 41.4 Å². The Balaban J connectivity index is 1.19. The number of benzene rings is 2. The molecule has 2 N–H and O–H groups in total. The van der Waals surface area contributed by atoms with Gasteiger partial charge >= 0.3 is 6.01 Å². The highest BCUT2D eigenvalue weighted by molar-refractivity contribution is 6.03. The van der Waals surface area contributed by atoms with Crippen LogP contribution in [0.5, 0.6) is 11.8 Å². The lowest BCUT2D eigenvalue weighted by atomic mass is 9.90. The summed E-state index contributed by atoms with van der Waals surface area (Å²) in [5, 5.41) is 15.6. The monoisotopic (exact) mass is 640 g/mol. The number of anilines is 1. The molecule has 0 spiro atoms. The summed E-state index contributed by atoms with van der Waals surface area (Å²) in [5.41, 5.74) is -0.444. The van der Waals surface area contributed by atoms with E-state index in [1.165, 1.54) is 37.1 Å². The van der Waals surface area contributed by atoms with E-state index in [1.54, 1.807) is 6.20 Å². The molecule has 5 aliphatic rings. The molecular weight excluding hydrogens is 605 g/mol. The van der Waals surface area contributed by atoms with E-state index in [0.717, 1.165) is 38.8 Å². The highest BCUT2D eigenvalue weighted by Gasteiger charge is 2.53. The summed E-state index contributed by atoms with van der Waals surface area (Å²) in [6.07, 6.45) is 13.0. The number of aromatic nitrogens is 3. The van der Waals surface area contributed by atoms with Crippen molar-refractivity contribution in [1.82, 2.24) is 25.2 Å². The van der Waals surface area contributed by atoms with Gasteiger partial charge in [0.25, 0.3) is 0 Å². The molecule has 0 radical (unpaired) electrons. The van der Waals surface area contributed by atoms with Crippen LogP contribution < -0.4 is 15.0 Å². The lowest BCUT2D eigenvalue weighted by Gasteiger charge is -2.42. The predicted octanol–water partition coefficient (Wildman–Crippen LogP) is 5.49. The van der Waals surface area contributed by atoms with Gasteiger partial charge in [0.2, 0.25) is 0 Å². The van der Waals surface area contributed by atoms with Gasteiger partial charge in [-0.2, -0.15) is 9.97 Å². The molecular formula is C36H35F3N6O2. The molecule has 5 fully saturated rings. The first-order chi connectivity index (χ1) is 22.8. The van der Waals surface area contributed by atoms with Crippen molar-refractivity contribution in [2.24, 2.45) is 5.92 Å². The number of nitrogens with one attached hydrogen (secondary N) is 1. The number of piperazine rings is 1. The van der Waals surface area contributed by atoms with Crippen molar-refractivity contribution in [2.75, 3.05) is 37.7 Å². The topological polar surface area (TPSA) is 86.6 Å². The standard InChI is InChI=1S/C36H35F3N6O2/c1-2-25-28(38)7-4-20-12-24(46)13-26(29(20)25)31-30(39)32-27(15-40-31)33(44-17-23-8-10-36(18-44,43-23)21-5-6-21)42-34(41-32)47-19-35-9-3-11-45(35)16-22(37)14-35/h1,4,7,12-13,15,21-23,43,46H,3,5-6,8-11,14,16-19H2/t22-,23?,35+,36?/m1/s1. The second-order valence-corrected chi connectivity index (χ2v) is 14.2. The van der Waals surface area contributed by atoms with Crippen LogP contribution >= 0.6 is 0 Å². The second kappa shape index (κ2) is 10.4. The molecule has 4 atom stereocenters. The van der Waals surface area contributed by atoms with E-state index in [9.17, 15) is 13.9 Å². The zero-order valence-corrected chi connectivity index (χ0v) is 25.9. The first-order valence-corrected chi connectivity index (χ1v) is 16.6. The molecule has 4 aliphatic heterocycles. The van der Waals surface area contributed by atoms with Crippen molar-refractivity contribution < 1.29 is 23.0 Å². The zero-order chi connectivity index (χ0) is 32.1. The highest BCUT2D eigenvalue weighted by Crippen LogP contribution is 2.49. The van der Waals surface area contributed by atoms with E-state index in [1.807, 2.05) is 0 Å². The fraction of sp³-hybridized carbons (Fsp3) is 0.472. The van der Waals surface area contributed by atoms with Gasteiger partial charge in [-0.15, -0.1) is 6.42 Å². The summed E-state index contributed by atoms with van der Waals surface area (Å²) in [6, 6.07) is 5.82. The smallest absolute Gasteiger partial charge is 0.319 e. The number of rotatable bonds is 6. The Kier molecular flexibility index (Phi) is 6.44. The van der Waals surface area contributed by atoms with E-state index < -0.39 is 23.3 Å². The van der Waals surface area contributed by atoms with E-state index in [0.29, 0.717) is 42.0 Å². The quantitative estimate of drug-likeness (QED) is 0.268. The van der Waals surface area contributed by atoms with Crippen molar-refractivity contribution in [3.63, 3.8) is 0 Å². The third kappa shape index (κ3) is 4.55. The fourth-order valence-corrected chi connectivity index (χ4v) is 9.08. The third-order valence-corrected chi connectivity index (χ3v) is 11.3. The Hall–Kier alpha value is -4.14. The lowest BCUT2D eigenvalue weighted by Crippen LogP contribution is -2.61. The summed E-state index contributed by atoms with van der Waals surface area (Å²) < 4.78 is 52.7. The summed E-state index contributed by atoms with van der Waals surface area (Å²) in [5.74, 6) is 2.02. The molecule has 11 heteroatoms. The molecule has 1 saturated carbocycles. The molecule has 1 aliphatic carbocycles. The Morgan fingerprint density at radius 3 is 2.83 bits per heavy atom. The van der Waals surface area contributed by atoms with E-state index >= 15 is 4.39 Å². The van der Waals surface area contributed by atoms with Gasteiger partial charge < -0.3 is 20.1 Å². The Morgan fingerprint density at radius 1 is 1.13 bits per heavy atom. The van der Waals surface area contributed by atoms with E-state index in [2.05, 4.69) is 31.0 Å². The average molecular weight is 641 g/mol. The lowest BCUT2D eigenvalue weighted by molar-refractivity contribution is 0.107. The number of halogens is 3. The number of hydrogen-bond acceptors (Lipinski definition) is 8. The fourth-order valence-electron chi connectivity index (χ4n) is 9.08. The maximum Gasteiger partial charge on any atom is 0.319 e. The van der Waals surface area contributed by atoms with Crippen LogP contribution in [0.2, 0.25) is 0 Å². The van der Waals surface area contributed by atoms with Crippen LogP contribution in [0.15, 0.2) is 30.5 Å². The summed E-state index contributed by atoms with van der Waals surface area (Å²) >= 11 is 0. The number of phenols is 1. The van der Waals surface area contributed by atoms with Crippen LogP contribution in [0, 0.1) is 29.9 Å². The number of terminal acetylenes is 1. The van der Waals surface area contributed by atoms with Gasteiger partial charge in [0.15, 0.2) is 5.82 Å². The minimum absolute atomic E-state index is 0.00655. The third-order valence-electron chi connectivity index (χ3n) is 11.3. The Bertz CT molecular complexity index is 2000. The molecule has 9 rings (SSSR count). The van der Waals surface area contributed by atoms with Gasteiger partial charge in [-0.1, -0.05) is 12.0 Å². The summed E-state index contributed by atoms with van der Waals surface area (Å²) in [7, 11) is 0. The molecule has 2 aromatic carbocycles. The zero-order valence-electron chi connectivity index (χ0n) is 25.9. The first-order valence-electron chi connectivity index (χ1n) is 16.6. The predicted molar refractivity (Wildman–Crippen MR) is 172 cm³/mol. The molecule has 0 amide bonds. The van der Waals surface area contributed by atoms with Crippen molar-refractivity contribution >= 4 is 27.5 Å². The SMILES string of the molecule is C#Cc1c(F)ccc2cc(O)cc(-c3ncc4c(N5CC6CCC(C7CC7)(C5)N6)nc(OC[C@@]56CCCN5C[C@H](F)C6)nc4c3F)c12. The molecule has 2 unspecified atom stereocenters. The molecule has 2 aromatic heterocycles. The molecule has 4 saturated heterocycles. The second-order valence-electron chi connectivity index (χ2n) is 14.2. The van der Waals surface area contributed by atoms with Crippen LogP contribution in [0.25, 0.3) is 32.9 Å². The highest BCUT2D eigenvalue weighted by atomic mass is 19.1. The Morgan fingerprint density at radius 2 is 2.00 bits per heavy atom. The summed E-state index contributed by atoms with van der Waals surface area (Å²) in [6.45, 7) is 2.84. The number of phenolic OH excluding ortho intramolecular Hbond substituents is 1. The van der Waals surface area contributed by atoms with Crippen molar-refractivity contribution in [1.29, 1.82) is 0 Å². The Labute approximate surface area is 270 Å². The van der Waals surface area contributed by atoms with Gasteiger partial charge in [0, 0.05) is 54.8 Å². The van der Waals surface area contributed by atoms with Crippen LogP contribution in [0.1, 0.15) is 50.5 Å². The van der Waals surface area contributed by atoms with Crippen molar-refractivity contribution in [3.05, 3.63) is 47.7 Å². The molecule has 47 heavy (non-hydrogen) atoms. The van der Waals surface area contributed by atoms with E-state index in [4.69, 9.17) is 16.1 Å². The molecule has 242 valence electrons. The molecule has 8 nitrogen and oxygen atoms in total. The first kappa shape index (κ1) is 29.0. The van der Waals surface area contributed by atoms with Crippen LogP contribution in [-0.4, -0.2) is 81.0 Å².